The highest BCUT2D eigenvalue weighted by molar-refractivity contribution is 5.84. The lowest BCUT2D eigenvalue weighted by atomic mass is 10.2. The fourth-order valence-corrected chi connectivity index (χ4v) is 2.35. The summed E-state index contributed by atoms with van der Waals surface area (Å²) in [7, 11) is 3.65. The quantitative estimate of drug-likeness (QED) is 0.566. The van der Waals surface area contributed by atoms with Crippen LogP contribution in [0.3, 0.4) is 0 Å². The van der Waals surface area contributed by atoms with Crippen LogP contribution in [0, 0.1) is 0 Å². The van der Waals surface area contributed by atoms with Crippen LogP contribution in [0.5, 0.6) is 5.75 Å². The Labute approximate surface area is 117 Å². The summed E-state index contributed by atoms with van der Waals surface area (Å²) >= 11 is 0. The van der Waals surface area contributed by atoms with E-state index in [0.29, 0.717) is 0 Å². The van der Waals surface area contributed by atoms with Crippen molar-refractivity contribution in [1.82, 2.24) is 9.55 Å². The van der Waals surface area contributed by atoms with Gasteiger partial charge < -0.3 is 14.7 Å². The number of rotatable bonds is 3. The molecule has 0 spiro atoms. The van der Waals surface area contributed by atoms with Gasteiger partial charge in [0.1, 0.15) is 11.6 Å². The Balaban J connectivity index is 2.24. The Morgan fingerprint density at radius 1 is 1.20 bits per heavy atom. The van der Waals surface area contributed by atoms with Crippen LogP contribution in [0.2, 0.25) is 0 Å². The van der Waals surface area contributed by atoms with Crippen LogP contribution >= 0.6 is 0 Å². The average molecular weight is 268 g/mol. The van der Waals surface area contributed by atoms with Crippen molar-refractivity contribution in [1.29, 1.82) is 0 Å². The van der Waals surface area contributed by atoms with Gasteiger partial charge in [0.05, 0.1) is 29.4 Å². The van der Waals surface area contributed by atoms with Gasteiger partial charge in [0.25, 0.3) is 0 Å². The number of nitrogens with two attached hydrogens (primary N) is 1. The molecular formula is C15H16N4O. The van der Waals surface area contributed by atoms with E-state index in [1.54, 1.807) is 7.11 Å². The smallest absolute Gasteiger partial charge is 0.144 e. The zero-order valence-corrected chi connectivity index (χ0v) is 11.4. The van der Waals surface area contributed by atoms with Gasteiger partial charge in [-0.15, -0.1) is 0 Å². The number of methoxy groups -OCH3 is 1. The van der Waals surface area contributed by atoms with Gasteiger partial charge >= 0.3 is 0 Å². The van der Waals surface area contributed by atoms with Gasteiger partial charge in [-0.2, -0.15) is 0 Å². The lowest BCUT2D eigenvalue weighted by molar-refractivity contribution is 0.416. The molecular weight excluding hydrogens is 252 g/mol. The van der Waals surface area contributed by atoms with E-state index in [9.17, 15) is 0 Å². The van der Waals surface area contributed by atoms with E-state index in [0.717, 1.165) is 33.9 Å². The van der Waals surface area contributed by atoms with Gasteiger partial charge in [-0.05, 0) is 30.3 Å². The number of hydrogen-bond donors (Lipinski definition) is 2. The maximum atomic E-state index is 5.45. The minimum atomic E-state index is 0.808. The van der Waals surface area contributed by atoms with E-state index in [1.807, 2.05) is 54.1 Å². The van der Waals surface area contributed by atoms with Crippen LogP contribution in [0.1, 0.15) is 0 Å². The van der Waals surface area contributed by atoms with Crippen LogP contribution < -0.4 is 16.0 Å². The van der Waals surface area contributed by atoms with Crippen molar-refractivity contribution in [3.63, 3.8) is 0 Å². The Kier molecular flexibility index (Phi) is 3.04. The van der Waals surface area contributed by atoms with Gasteiger partial charge in [-0.3, -0.25) is 5.84 Å². The maximum Gasteiger partial charge on any atom is 0.144 e. The van der Waals surface area contributed by atoms with Crippen LogP contribution in [-0.2, 0) is 7.05 Å². The number of aryl methyl sites for hydroxylation is 1. The summed E-state index contributed by atoms with van der Waals surface area (Å²) in [5, 5.41) is 0. The maximum absolute atomic E-state index is 5.45. The number of aromatic nitrogens is 2. The second-order valence-corrected chi connectivity index (χ2v) is 4.54. The second kappa shape index (κ2) is 4.86. The summed E-state index contributed by atoms with van der Waals surface area (Å²) in [6, 6.07) is 13.7. The third-order valence-corrected chi connectivity index (χ3v) is 3.40. The third-order valence-electron chi connectivity index (χ3n) is 3.40. The number of nitrogen functional groups attached to an aromatic ring is 1. The zero-order valence-electron chi connectivity index (χ0n) is 11.4. The molecule has 102 valence electrons. The highest BCUT2D eigenvalue weighted by atomic mass is 16.5. The molecule has 5 nitrogen and oxygen atoms in total. The van der Waals surface area contributed by atoms with Crippen molar-refractivity contribution in [3.05, 3.63) is 42.5 Å². The monoisotopic (exact) mass is 268 g/mol. The normalized spacial score (nSPS) is 10.8. The number of ether oxygens (including phenoxy) is 1. The number of benzene rings is 2. The summed E-state index contributed by atoms with van der Waals surface area (Å²) in [5.41, 5.74) is 6.41. The molecule has 20 heavy (non-hydrogen) atoms. The minimum absolute atomic E-state index is 0.808. The van der Waals surface area contributed by atoms with Crippen molar-refractivity contribution in [3.8, 4) is 17.1 Å². The van der Waals surface area contributed by atoms with E-state index in [1.165, 1.54) is 0 Å². The Morgan fingerprint density at radius 2 is 2.00 bits per heavy atom. The highest BCUT2D eigenvalue weighted by Gasteiger charge is 2.13. The summed E-state index contributed by atoms with van der Waals surface area (Å²) in [6.07, 6.45) is 0. The Hall–Kier alpha value is -2.53. The predicted octanol–water partition coefficient (Wildman–Crippen LogP) is 2.53. The topological polar surface area (TPSA) is 65.1 Å². The van der Waals surface area contributed by atoms with E-state index in [4.69, 9.17) is 10.6 Å². The van der Waals surface area contributed by atoms with Gasteiger partial charge in [0.15, 0.2) is 0 Å². The van der Waals surface area contributed by atoms with Crippen molar-refractivity contribution < 1.29 is 4.74 Å². The van der Waals surface area contributed by atoms with E-state index < -0.39 is 0 Å². The number of fused-ring (bicyclic) bond motifs is 1. The molecule has 3 N–H and O–H groups in total. The first-order valence-corrected chi connectivity index (χ1v) is 6.31. The number of hydrogen-bond acceptors (Lipinski definition) is 4. The molecule has 2 aromatic carbocycles. The molecule has 0 atom stereocenters. The minimum Gasteiger partial charge on any atom is -0.496 e. The molecule has 0 bridgehead atoms. The van der Waals surface area contributed by atoms with E-state index in [2.05, 4.69) is 10.4 Å². The molecule has 0 saturated carbocycles. The molecule has 3 rings (SSSR count). The first kappa shape index (κ1) is 12.5. The Morgan fingerprint density at radius 3 is 2.75 bits per heavy atom. The third kappa shape index (κ3) is 1.88. The first-order chi connectivity index (χ1) is 9.74. The van der Waals surface area contributed by atoms with E-state index >= 15 is 0 Å². The Bertz CT molecular complexity index is 764. The SMILES string of the molecule is COc1ccccc1-c1nc2ccc(NN)cc2n1C. The summed E-state index contributed by atoms with van der Waals surface area (Å²) in [5.74, 6) is 7.13. The molecule has 0 aliphatic rings. The number of nitrogens with one attached hydrogen (secondary N) is 1. The van der Waals surface area contributed by atoms with Crippen LogP contribution in [0.25, 0.3) is 22.4 Å². The number of imidazole rings is 1. The van der Waals surface area contributed by atoms with Crippen molar-refractivity contribution in [2.45, 2.75) is 0 Å². The van der Waals surface area contributed by atoms with Crippen molar-refractivity contribution in [2.75, 3.05) is 12.5 Å². The highest BCUT2D eigenvalue weighted by Crippen LogP contribution is 2.31. The largest absolute Gasteiger partial charge is 0.496 e. The number of hydrazine groups is 1. The molecule has 1 aromatic heterocycles. The molecule has 0 aliphatic carbocycles. The molecule has 0 unspecified atom stereocenters. The molecule has 1 heterocycles. The van der Waals surface area contributed by atoms with Gasteiger partial charge in [0, 0.05) is 7.05 Å². The summed E-state index contributed by atoms with van der Waals surface area (Å²) in [6.45, 7) is 0. The summed E-state index contributed by atoms with van der Waals surface area (Å²) < 4.78 is 7.45. The van der Waals surface area contributed by atoms with Crippen LogP contribution in [-0.4, -0.2) is 16.7 Å². The van der Waals surface area contributed by atoms with Gasteiger partial charge in [0.2, 0.25) is 0 Å². The standard InChI is InChI=1S/C15H16N4O/c1-19-13-9-10(18-16)7-8-12(13)17-15(19)11-5-3-4-6-14(11)20-2/h3-9,18H,16H2,1-2H3. The summed E-state index contributed by atoms with van der Waals surface area (Å²) in [4.78, 5) is 4.68. The molecule has 0 amide bonds. The molecule has 3 aromatic rings. The van der Waals surface area contributed by atoms with Crippen LogP contribution in [0.15, 0.2) is 42.5 Å². The lowest BCUT2D eigenvalue weighted by Gasteiger charge is -2.08. The molecule has 0 radical (unpaired) electrons. The molecule has 0 aliphatic heterocycles. The number of anilines is 1. The molecule has 0 fully saturated rings. The first-order valence-electron chi connectivity index (χ1n) is 6.31. The fraction of sp³-hybridized carbons (Fsp3) is 0.133. The van der Waals surface area contributed by atoms with Gasteiger partial charge in [-0.25, -0.2) is 4.98 Å². The average Bonchev–Trinajstić information content (AvgIpc) is 2.83. The lowest BCUT2D eigenvalue weighted by Crippen LogP contribution is -2.06. The fourth-order valence-electron chi connectivity index (χ4n) is 2.35. The van der Waals surface area contributed by atoms with Crippen LogP contribution in [0.4, 0.5) is 5.69 Å². The number of para-hydroxylation sites is 1. The number of nitrogens with zero attached hydrogens (tertiary/aromatic N) is 2. The van der Waals surface area contributed by atoms with Gasteiger partial charge in [-0.1, -0.05) is 12.1 Å². The van der Waals surface area contributed by atoms with Crippen molar-refractivity contribution >= 4 is 16.7 Å². The van der Waals surface area contributed by atoms with E-state index in [-0.39, 0.29) is 0 Å². The predicted molar refractivity (Wildman–Crippen MR) is 80.5 cm³/mol. The molecule has 5 heteroatoms. The molecule has 0 saturated heterocycles. The van der Waals surface area contributed by atoms with Crippen molar-refractivity contribution in [2.24, 2.45) is 12.9 Å². The second-order valence-electron chi connectivity index (χ2n) is 4.54. The zero-order chi connectivity index (χ0) is 14.1.